The lowest BCUT2D eigenvalue weighted by Gasteiger charge is -2.07. The molecule has 0 atom stereocenters. The van der Waals surface area contributed by atoms with Crippen LogP contribution >= 0.6 is 0 Å². The van der Waals surface area contributed by atoms with Crippen molar-refractivity contribution in [1.82, 2.24) is 0 Å². The largest absolute Gasteiger partial charge is 0.385 e. The van der Waals surface area contributed by atoms with E-state index in [0.29, 0.717) is 12.2 Å². The molecule has 0 aliphatic heterocycles. The fourth-order valence-electron chi connectivity index (χ4n) is 2.83. The van der Waals surface area contributed by atoms with Gasteiger partial charge in [0.05, 0.1) is 11.5 Å². The molecule has 0 amide bonds. The average molecular weight is 439 g/mol. The van der Waals surface area contributed by atoms with Crippen LogP contribution in [0.2, 0.25) is 0 Å². The molecule has 32 heavy (non-hydrogen) atoms. The molecule has 0 aliphatic carbocycles. The fraction of sp³-hybridized carbons (Fsp3) is 0.320. The number of rotatable bonds is 14. The first-order valence-electron chi connectivity index (χ1n) is 10.7. The van der Waals surface area contributed by atoms with E-state index in [1.165, 1.54) is 12.1 Å². The number of nitrogens with zero attached hydrogens (tertiary/aromatic N) is 1. The van der Waals surface area contributed by atoms with Gasteiger partial charge in [0.2, 0.25) is 0 Å². The van der Waals surface area contributed by atoms with Crippen LogP contribution in [0.3, 0.4) is 0 Å². The Labute approximate surface area is 188 Å². The minimum Gasteiger partial charge on any atom is -0.385 e. The zero-order valence-corrected chi connectivity index (χ0v) is 18.4. The summed E-state index contributed by atoms with van der Waals surface area (Å²) in [6.07, 6.45) is 9.09. The van der Waals surface area contributed by atoms with E-state index in [4.69, 9.17) is 4.89 Å². The number of carbonyl (C=O) groups is 1. The molecule has 7 nitrogen and oxygen atoms in total. The molecule has 0 aromatic heterocycles. The van der Waals surface area contributed by atoms with Crippen LogP contribution in [0.5, 0.6) is 0 Å². The van der Waals surface area contributed by atoms with Gasteiger partial charge in [-0.1, -0.05) is 50.1 Å². The molecule has 7 heteroatoms. The summed E-state index contributed by atoms with van der Waals surface area (Å²) in [7, 11) is 0. The molecule has 0 saturated heterocycles. The summed E-state index contributed by atoms with van der Waals surface area (Å²) in [6, 6.07) is 14.6. The van der Waals surface area contributed by atoms with Crippen LogP contribution in [0, 0.1) is 10.1 Å². The summed E-state index contributed by atoms with van der Waals surface area (Å²) >= 11 is 0. The summed E-state index contributed by atoms with van der Waals surface area (Å²) in [5.41, 5.74) is 3.46. The Morgan fingerprint density at radius 2 is 1.53 bits per heavy atom. The van der Waals surface area contributed by atoms with Crippen molar-refractivity contribution in [2.24, 2.45) is 0 Å². The molecule has 0 spiro atoms. The standard InChI is InChI=1S/C25H30N2O5/c1-20(2)25(28)32-31-19-7-5-3-4-6-18-26-23-14-10-21(11-15-23)8-9-22-12-16-24(17-13-22)27(29)30/h8-17,26H,1,3-7,18-19H2,2H3. The molecule has 170 valence electrons. The molecule has 0 saturated carbocycles. The van der Waals surface area contributed by atoms with E-state index < -0.39 is 10.9 Å². The molecule has 2 aromatic rings. The Hall–Kier alpha value is -3.45. The van der Waals surface area contributed by atoms with E-state index >= 15 is 0 Å². The lowest BCUT2D eigenvalue weighted by Crippen LogP contribution is -2.06. The van der Waals surface area contributed by atoms with Crippen LogP contribution in [0.15, 0.2) is 60.7 Å². The molecule has 0 radical (unpaired) electrons. The van der Waals surface area contributed by atoms with E-state index in [1.54, 1.807) is 19.1 Å². The second kappa shape index (κ2) is 13.8. The van der Waals surface area contributed by atoms with E-state index in [2.05, 4.69) is 16.8 Å². The average Bonchev–Trinajstić information content (AvgIpc) is 2.79. The van der Waals surface area contributed by atoms with Crippen LogP contribution in [0.1, 0.15) is 50.2 Å². The SMILES string of the molecule is C=C(C)C(=O)OOCCCCCCCNc1ccc(C=Cc2ccc([N+](=O)[O-])cc2)cc1. The van der Waals surface area contributed by atoms with Crippen molar-refractivity contribution in [2.45, 2.75) is 39.0 Å². The molecule has 1 N–H and O–H groups in total. The Bertz CT molecular complexity index is 905. The molecular formula is C25H30N2O5. The van der Waals surface area contributed by atoms with Crippen LogP contribution in [0.4, 0.5) is 11.4 Å². The highest BCUT2D eigenvalue weighted by Gasteiger charge is 2.04. The molecular weight excluding hydrogens is 408 g/mol. The van der Waals surface area contributed by atoms with Crippen LogP contribution in [0.25, 0.3) is 12.2 Å². The zero-order valence-electron chi connectivity index (χ0n) is 18.4. The topological polar surface area (TPSA) is 90.7 Å². The minimum atomic E-state index is -0.524. The van der Waals surface area contributed by atoms with Gasteiger partial charge in [-0.25, -0.2) is 4.79 Å². The van der Waals surface area contributed by atoms with E-state index in [1.807, 2.05) is 36.4 Å². The smallest absolute Gasteiger partial charge is 0.368 e. The number of anilines is 1. The fourth-order valence-corrected chi connectivity index (χ4v) is 2.83. The number of hydrogen-bond acceptors (Lipinski definition) is 6. The second-order valence-corrected chi connectivity index (χ2v) is 7.47. The summed E-state index contributed by atoms with van der Waals surface area (Å²) < 4.78 is 0. The number of nitrogens with one attached hydrogen (secondary N) is 1. The zero-order chi connectivity index (χ0) is 23.2. The van der Waals surface area contributed by atoms with Gasteiger partial charge in [0, 0.05) is 29.9 Å². The summed E-state index contributed by atoms with van der Waals surface area (Å²) in [4.78, 5) is 30.9. The maximum Gasteiger partial charge on any atom is 0.368 e. The quantitative estimate of drug-likeness (QED) is 0.0946. The van der Waals surface area contributed by atoms with Crippen molar-refractivity contribution < 1.29 is 19.5 Å². The third kappa shape index (κ3) is 9.57. The van der Waals surface area contributed by atoms with E-state index in [-0.39, 0.29) is 5.69 Å². The normalized spacial score (nSPS) is 10.8. The van der Waals surface area contributed by atoms with Gasteiger partial charge in [-0.05, 0) is 55.2 Å². The minimum absolute atomic E-state index is 0.0909. The Kier molecular flexibility index (Phi) is 10.7. The number of non-ortho nitro benzene ring substituents is 1. The molecule has 0 aliphatic rings. The van der Waals surface area contributed by atoms with Crippen LogP contribution in [-0.2, 0) is 14.6 Å². The Balaban J connectivity index is 1.57. The number of carbonyl (C=O) groups excluding carboxylic acids is 1. The lowest BCUT2D eigenvalue weighted by atomic mass is 10.1. The number of unbranched alkanes of at least 4 members (excludes halogenated alkanes) is 4. The third-order valence-corrected chi connectivity index (χ3v) is 4.70. The highest BCUT2D eigenvalue weighted by atomic mass is 17.2. The number of benzene rings is 2. The van der Waals surface area contributed by atoms with Crippen molar-refractivity contribution in [1.29, 1.82) is 0 Å². The van der Waals surface area contributed by atoms with Crippen molar-refractivity contribution >= 4 is 29.5 Å². The molecule has 2 aromatic carbocycles. The van der Waals surface area contributed by atoms with Gasteiger partial charge in [-0.2, -0.15) is 4.89 Å². The summed E-state index contributed by atoms with van der Waals surface area (Å²) in [6.45, 7) is 6.38. The molecule has 0 bridgehead atoms. The third-order valence-electron chi connectivity index (χ3n) is 4.70. The highest BCUT2D eigenvalue weighted by molar-refractivity contribution is 5.86. The lowest BCUT2D eigenvalue weighted by molar-refractivity contribution is -0.384. The second-order valence-electron chi connectivity index (χ2n) is 7.47. The molecule has 2 rings (SSSR count). The summed E-state index contributed by atoms with van der Waals surface area (Å²) in [5, 5.41) is 14.1. The number of nitro groups is 1. The summed E-state index contributed by atoms with van der Waals surface area (Å²) in [5.74, 6) is -0.524. The van der Waals surface area contributed by atoms with Gasteiger partial charge in [0.1, 0.15) is 0 Å². The molecule has 0 fully saturated rings. The monoisotopic (exact) mass is 438 g/mol. The molecule has 0 heterocycles. The first-order chi connectivity index (χ1) is 15.5. The predicted octanol–water partition coefficient (Wildman–Crippen LogP) is 6.18. The maximum atomic E-state index is 11.1. The van der Waals surface area contributed by atoms with Gasteiger partial charge < -0.3 is 5.32 Å². The van der Waals surface area contributed by atoms with Gasteiger partial charge in [-0.3, -0.25) is 15.0 Å². The van der Waals surface area contributed by atoms with Gasteiger partial charge in [-0.15, -0.1) is 0 Å². The van der Waals surface area contributed by atoms with Gasteiger partial charge in [0.15, 0.2) is 0 Å². The van der Waals surface area contributed by atoms with E-state index in [0.717, 1.165) is 55.5 Å². The van der Waals surface area contributed by atoms with Crippen molar-refractivity contribution in [3.63, 3.8) is 0 Å². The van der Waals surface area contributed by atoms with Gasteiger partial charge in [0.25, 0.3) is 5.69 Å². The number of nitro benzene ring substituents is 1. The van der Waals surface area contributed by atoms with Crippen molar-refractivity contribution in [3.8, 4) is 0 Å². The Morgan fingerprint density at radius 1 is 0.969 bits per heavy atom. The van der Waals surface area contributed by atoms with E-state index in [9.17, 15) is 14.9 Å². The van der Waals surface area contributed by atoms with Crippen molar-refractivity contribution in [3.05, 3.63) is 81.9 Å². The maximum absolute atomic E-state index is 11.1. The van der Waals surface area contributed by atoms with Crippen LogP contribution < -0.4 is 5.32 Å². The number of hydrogen-bond donors (Lipinski definition) is 1. The predicted molar refractivity (Wildman–Crippen MR) is 127 cm³/mol. The Morgan fingerprint density at radius 3 is 2.12 bits per heavy atom. The van der Waals surface area contributed by atoms with Crippen molar-refractivity contribution in [2.75, 3.05) is 18.5 Å². The van der Waals surface area contributed by atoms with Gasteiger partial charge >= 0.3 is 5.97 Å². The van der Waals surface area contributed by atoms with Crippen LogP contribution in [-0.4, -0.2) is 24.0 Å². The highest BCUT2D eigenvalue weighted by Crippen LogP contribution is 2.16. The first kappa shape index (κ1) is 24.8. The first-order valence-corrected chi connectivity index (χ1v) is 10.7. The molecule has 0 unspecified atom stereocenters.